The summed E-state index contributed by atoms with van der Waals surface area (Å²) in [5.41, 5.74) is 0.745. The summed E-state index contributed by atoms with van der Waals surface area (Å²) in [5, 5.41) is 3.28. The van der Waals surface area contributed by atoms with Crippen LogP contribution >= 0.6 is 0 Å². The highest BCUT2D eigenvalue weighted by Gasteiger charge is 2.40. The van der Waals surface area contributed by atoms with Crippen molar-refractivity contribution in [1.82, 2.24) is 14.5 Å². The Morgan fingerprint density at radius 3 is 2.57 bits per heavy atom. The second-order valence-corrected chi connectivity index (χ2v) is 7.60. The molecular formula is C14H20FN3O2S. The summed E-state index contributed by atoms with van der Waals surface area (Å²) < 4.78 is 40.1. The normalized spacial score (nSPS) is 22.2. The Balaban J connectivity index is 1.71. The van der Waals surface area contributed by atoms with Gasteiger partial charge >= 0.3 is 0 Å². The molecule has 2 fully saturated rings. The van der Waals surface area contributed by atoms with E-state index >= 15 is 0 Å². The molecule has 7 heteroatoms. The Hall–Kier alpha value is -1.02. The van der Waals surface area contributed by atoms with E-state index in [1.807, 2.05) is 0 Å². The van der Waals surface area contributed by atoms with E-state index in [1.54, 1.807) is 13.0 Å². The summed E-state index contributed by atoms with van der Waals surface area (Å²) in [5.74, 6) is -0.675. The van der Waals surface area contributed by atoms with Gasteiger partial charge in [0, 0.05) is 45.3 Å². The lowest BCUT2D eigenvalue weighted by atomic mass is 10.1. The highest BCUT2D eigenvalue weighted by molar-refractivity contribution is 7.89. The lowest BCUT2D eigenvalue weighted by Crippen LogP contribution is -2.63. The average Bonchev–Trinajstić information content (AvgIpc) is 2.40. The van der Waals surface area contributed by atoms with Crippen molar-refractivity contribution >= 4 is 10.0 Å². The second kappa shape index (κ2) is 5.64. The Morgan fingerprint density at radius 2 is 1.90 bits per heavy atom. The quantitative estimate of drug-likeness (QED) is 0.878. The molecule has 0 atom stereocenters. The van der Waals surface area contributed by atoms with Crippen molar-refractivity contribution in [3.05, 3.63) is 29.6 Å². The minimum atomic E-state index is -3.71. The molecule has 21 heavy (non-hydrogen) atoms. The van der Waals surface area contributed by atoms with E-state index in [0.717, 1.165) is 31.7 Å². The Bertz CT molecular complexity index is 623. The van der Waals surface area contributed by atoms with Crippen LogP contribution in [-0.2, 0) is 10.0 Å². The molecule has 0 spiro atoms. The molecule has 0 saturated carbocycles. The van der Waals surface area contributed by atoms with E-state index in [2.05, 4.69) is 10.2 Å². The fourth-order valence-electron chi connectivity index (χ4n) is 2.84. The monoisotopic (exact) mass is 313 g/mol. The van der Waals surface area contributed by atoms with Crippen LogP contribution in [-0.4, -0.2) is 62.9 Å². The molecule has 0 aliphatic carbocycles. The van der Waals surface area contributed by atoms with E-state index in [-0.39, 0.29) is 10.9 Å². The molecule has 2 saturated heterocycles. The molecule has 0 aromatic heterocycles. The van der Waals surface area contributed by atoms with Crippen LogP contribution in [0.2, 0.25) is 0 Å². The van der Waals surface area contributed by atoms with Crippen molar-refractivity contribution in [2.24, 2.45) is 0 Å². The number of hydrogen-bond donors (Lipinski definition) is 1. The third-order valence-corrected chi connectivity index (χ3v) is 6.05. The summed E-state index contributed by atoms with van der Waals surface area (Å²) in [6, 6.07) is 4.46. The average molecular weight is 313 g/mol. The first-order valence-electron chi connectivity index (χ1n) is 7.19. The maximum atomic E-state index is 13.8. The van der Waals surface area contributed by atoms with E-state index in [4.69, 9.17) is 0 Å². The molecule has 0 unspecified atom stereocenters. The van der Waals surface area contributed by atoms with Gasteiger partial charge in [0.1, 0.15) is 10.7 Å². The molecule has 2 heterocycles. The number of piperazine rings is 1. The standard InChI is InChI=1S/C14H20FN3O2S/c1-11-2-3-13(15)14(8-11)21(19,20)18-9-12(10-18)17-6-4-16-5-7-17/h2-3,8,12,16H,4-7,9-10H2,1H3. The van der Waals surface area contributed by atoms with Gasteiger partial charge in [-0.05, 0) is 24.6 Å². The predicted molar refractivity (Wildman–Crippen MR) is 78.1 cm³/mol. The highest BCUT2D eigenvalue weighted by Crippen LogP contribution is 2.26. The largest absolute Gasteiger partial charge is 0.314 e. The van der Waals surface area contributed by atoms with Crippen LogP contribution in [0.25, 0.3) is 0 Å². The van der Waals surface area contributed by atoms with Gasteiger partial charge < -0.3 is 5.32 Å². The van der Waals surface area contributed by atoms with Gasteiger partial charge in [0.25, 0.3) is 0 Å². The second-order valence-electron chi connectivity index (χ2n) is 5.70. The molecule has 0 amide bonds. The highest BCUT2D eigenvalue weighted by atomic mass is 32.2. The minimum Gasteiger partial charge on any atom is -0.314 e. The van der Waals surface area contributed by atoms with Gasteiger partial charge in [-0.25, -0.2) is 12.8 Å². The molecular weight excluding hydrogens is 293 g/mol. The number of rotatable bonds is 3. The Labute approximate surface area is 124 Å². The Kier molecular flexibility index (Phi) is 4.00. The van der Waals surface area contributed by atoms with Gasteiger partial charge in [0.15, 0.2) is 0 Å². The van der Waals surface area contributed by atoms with Crippen LogP contribution in [0.5, 0.6) is 0 Å². The third kappa shape index (κ3) is 2.83. The minimum absolute atomic E-state index is 0.207. The van der Waals surface area contributed by atoms with Gasteiger partial charge in [-0.1, -0.05) is 6.07 Å². The van der Waals surface area contributed by atoms with E-state index in [1.165, 1.54) is 16.4 Å². The maximum absolute atomic E-state index is 13.8. The number of sulfonamides is 1. The zero-order valence-corrected chi connectivity index (χ0v) is 12.9. The van der Waals surface area contributed by atoms with Crippen LogP contribution < -0.4 is 5.32 Å². The number of nitrogens with zero attached hydrogens (tertiary/aromatic N) is 2. The fraction of sp³-hybridized carbons (Fsp3) is 0.571. The molecule has 0 bridgehead atoms. The summed E-state index contributed by atoms with van der Waals surface area (Å²) in [4.78, 5) is 2.09. The molecule has 116 valence electrons. The first kappa shape index (κ1) is 14.9. The van der Waals surface area contributed by atoms with Gasteiger partial charge in [-0.2, -0.15) is 4.31 Å². The van der Waals surface area contributed by atoms with Crippen molar-refractivity contribution in [2.75, 3.05) is 39.3 Å². The number of aryl methyl sites for hydroxylation is 1. The summed E-state index contributed by atoms with van der Waals surface area (Å²) in [6.07, 6.45) is 0. The lowest BCUT2D eigenvalue weighted by molar-refractivity contribution is 0.0772. The van der Waals surface area contributed by atoms with Gasteiger partial charge in [0.2, 0.25) is 10.0 Å². The van der Waals surface area contributed by atoms with Crippen molar-refractivity contribution < 1.29 is 12.8 Å². The first-order chi connectivity index (χ1) is 9.98. The van der Waals surface area contributed by atoms with Crippen LogP contribution in [0.1, 0.15) is 5.56 Å². The van der Waals surface area contributed by atoms with Crippen molar-refractivity contribution in [3.63, 3.8) is 0 Å². The summed E-state index contributed by atoms with van der Waals surface area (Å²) in [7, 11) is -3.71. The molecule has 2 aliphatic rings. The van der Waals surface area contributed by atoms with E-state index in [9.17, 15) is 12.8 Å². The maximum Gasteiger partial charge on any atom is 0.246 e. The molecule has 1 N–H and O–H groups in total. The predicted octanol–water partition coefficient (Wildman–Crippen LogP) is 0.412. The number of nitrogens with one attached hydrogen (secondary N) is 1. The van der Waals surface area contributed by atoms with Crippen molar-refractivity contribution in [2.45, 2.75) is 17.9 Å². The topological polar surface area (TPSA) is 52.7 Å². The van der Waals surface area contributed by atoms with Crippen LogP contribution in [0.15, 0.2) is 23.1 Å². The van der Waals surface area contributed by atoms with E-state index < -0.39 is 15.8 Å². The Morgan fingerprint density at radius 1 is 1.24 bits per heavy atom. The first-order valence-corrected chi connectivity index (χ1v) is 8.63. The third-order valence-electron chi connectivity index (χ3n) is 4.20. The lowest BCUT2D eigenvalue weighted by Gasteiger charge is -2.45. The van der Waals surface area contributed by atoms with Crippen LogP contribution in [0.4, 0.5) is 4.39 Å². The van der Waals surface area contributed by atoms with Crippen LogP contribution in [0.3, 0.4) is 0 Å². The smallest absolute Gasteiger partial charge is 0.246 e. The number of benzene rings is 1. The summed E-state index contributed by atoms with van der Waals surface area (Å²) >= 11 is 0. The van der Waals surface area contributed by atoms with Crippen molar-refractivity contribution in [3.8, 4) is 0 Å². The van der Waals surface area contributed by atoms with Crippen molar-refractivity contribution in [1.29, 1.82) is 0 Å². The fourth-order valence-corrected chi connectivity index (χ4v) is 4.50. The van der Waals surface area contributed by atoms with Crippen LogP contribution in [0, 0.1) is 12.7 Å². The van der Waals surface area contributed by atoms with Gasteiger partial charge in [-0.3, -0.25) is 4.90 Å². The SMILES string of the molecule is Cc1ccc(F)c(S(=O)(=O)N2CC(N3CCNCC3)C2)c1. The summed E-state index contributed by atoms with van der Waals surface area (Å²) in [6.45, 7) is 6.43. The van der Waals surface area contributed by atoms with Gasteiger partial charge in [0.05, 0.1) is 0 Å². The zero-order valence-electron chi connectivity index (χ0n) is 12.0. The molecule has 1 aromatic carbocycles. The van der Waals surface area contributed by atoms with Gasteiger partial charge in [-0.15, -0.1) is 0 Å². The molecule has 2 aliphatic heterocycles. The zero-order chi connectivity index (χ0) is 15.0. The number of halogens is 1. The molecule has 5 nitrogen and oxygen atoms in total. The number of hydrogen-bond acceptors (Lipinski definition) is 4. The molecule has 0 radical (unpaired) electrons. The molecule has 1 aromatic rings. The molecule has 3 rings (SSSR count). The van der Waals surface area contributed by atoms with E-state index in [0.29, 0.717) is 13.1 Å².